The monoisotopic (exact) mass is 226 g/mol. The first-order valence-electron chi connectivity index (χ1n) is 5.78. The van der Waals surface area contributed by atoms with Crippen LogP contribution in [0.2, 0.25) is 0 Å². The molecule has 1 saturated heterocycles. The molecule has 1 aliphatic heterocycles. The van der Waals surface area contributed by atoms with Crippen LogP contribution in [-0.2, 0) is 4.79 Å². The molecule has 92 valence electrons. The topological polar surface area (TPSA) is 43.8 Å². The first-order chi connectivity index (χ1) is 7.49. The van der Waals surface area contributed by atoms with Gasteiger partial charge in [0.25, 0.3) is 0 Å². The van der Waals surface area contributed by atoms with Gasteiger partial charge in [0.05, 0.1) is 0 Å². The minimum Gasteiger partial charge on any atom is -0.478 e. The molecule has 4 heteroatoms. The quantitative estimate of drug-likeness (QED) is 0.728. The van der Waals surface area contributed by atoms with Gasteiger partial charge >= 0.3 is 5.97 Å². The van der Waals surface area contributed by atoms with Crippen molar-refractivity contribution in [3.63, 3.8) is 0 Å². The van der Waals surface area contributed by atoms with E-state index in [0.717, 1.165) is 18.7 Å². The molecule has 0 amide bonds. The van der Waals surface area contributed by atoms with E-state index in [1.807, 2.05) is 6.92 Å². The van der Waals surface area contributed by atoms with Gasteiger partial charge in [-0.05, 0) is 40.4 Å². The molecule has 0 aliphatic carbocycles. The molecule has 4 nitrogen and oxygen atoms in total. The Hall–Kier alpha value is -0.870. The average Bonchev–Trinajstić information content (AvgIpc) is 2.16. The number of likely N-dealkylation sites (tertiary alicyclic amines) is 1. The Balaban J connectivity index is 2.45. The van der Waals surface area contributed by atoms with Gasteiger partial charge in [-0.15, -0.1) is 0 Å². The van der Waals surface area contributed by atoms with Crippen molar-refractivity contribution in [1.29, 1.82) is 0 Å². The van der Waals surface area contributed by atoms with Crippen molar-refractivity contribution in [2.45, 2.75) is 25.8 Å². The number of carboxylic acids is 1. The molecule has 0 spiro atoms. The number of piperidine rings is 1. The van der Waals surface area contributed by atoms with Gasteiger partial charge < -0.3 is 10.0 Å². The zero-order chi connectivity index (χ0) is 12.1. The highest BCUT2D eigenvalue weighted by atomic mass is 16.4. The molecule has 0 saturated carbocycles. The smallest absolute Gasteiger partial charge is 0.328 e. The molecule has 0 aromatic heterocycles. The van der Waals surface area contributed by atoms with Crippen molar-refractivity contribution in [3.05, 3.63) is 11.6 Å². The summed E-state index contributed by atoms with van der Waals surface area (Å²) in [6.07, 6.45) is 3.73. The van der Waals surface area contributed by atoms with Crippen LogP contribution in [0.3, 0.4) is 0 Å². The summed E-state index contributed by atoms with van der Waals surface area (Å²) in [5.74, 6) is -0.855. The van der Waals surface area contributed by atoms with Gasteiger partial charge in [0.2, 0.25) is 0 Å². The average molecular weight is 226 g/mol. The Bertz CT molecular complexity index is 276. The van der Waals surface area contributed by atoms with Crippen LogP contribution in [0.4, 0.5) is 0 Å². The van der Waals surface area contributed by atoms with Crippen LogP contribution < -0.4 is 0 Å². The first-order valence-corrected chi connectivity index (χ1v) is 5.78. The van der Waals surface area contributed by atoms with E-state index in [2.05, 4.69) is 23.9 Å². The lowest BCUT2D eigenvalue weighted by Crippen LogP contribution is -2.45. The fourth-order valence-corrected chi connectivity index (χ4v) is 2.28. The van der Waals surface area contributed by atoms with Crippen LogP contribution in [0.15, 0.2) is 11.6 Å². The number of hydrogen-bond donors (Lipinski definition) is 1. The van der Waals surface area contributed by atoms with Crippen LogP contribution in [0.5, 0.6) is 0 Å². The Morgan fingerprint density at radius 1 is 1.62 bits per heavy atom. The lowest BCUT2D eigenvalue weighted by Gasteiger charge is -2.36. The highest BCUT2D eigenvalue weighted by Gasteiger charge is 2.20. The van der Waals surface area contributed by atoms with Crippen LogP contribution in [0.1, 0.15) is 19.8 Å². The number of nitrogens with zero attached hydrogens (tertiary/aromatic N) is 2. The predicted molar refractivity (Wildman–Crippen MR) is 64.5 cm³/mol. The number of carboxylic acid groups (broad SMARTS) is 1. The molecular weight excluding hydrogens is 204 g/mol. The van der Waals surface area contributed by atoms with Crippen LogP contribution in [0.25, 0.3) is 0 Å². The summed E-state index contributed by atoms with van der Waals surface area (Å²) in [4.78, 5) is 15.1. The maximum absolute atomic E-state index is 10.5. The van der Waals surface area contributed by atoms with E-state index in [1.165, 1.54) is 25.5 Å². The van der Waals surface area contributed by atoms with Gasteiger partial charge in [-0.25, -0.2) is 4.79 Å². The molecule has 1 fully saturated rings. The van der Waals surface area contributed by atoms with Crippen molar-refractivity contribution in [2.75, 3.05) is 33.7 Å². The SMILES string of the molecule is CC(=CC(=O)O)CN(C)C1CCCN(C)C1. The third-order valence-electron chi connectivity index (χ3n) is 3.09. The molecule has 0 aromatic carbocycles. The third-order valence-corrected chi connectivity index (χ3v) is 3.09. The van der Waals surface area contributed by atoms with Gasteiger partial charge in [0, 0.05) is 25.2 Å². The van der Waals surface area contributed by atoms with E-state index in [4.69, 9.17) is 5.11 Å². The fraction of sp³-hybridized carbons (Fsp3) is 0.750. The number of rotatable bonds is 4. The summed E-state index contributed by atoms with van der Waals surface area (Å²) >= 11 is 0. The van der Waals surface area contributed by atoms with Crippen molar-refractivity contribution in [3.8, 4) is 0 Å². The van der Waals surface area contributed by atoms with Gasteiger partial charge in [-0.2, -0.15) is 0 Å². The van der Waals surface area contributed by atoms with Gasteiger partial charge in [-0.3, -0.25) is 4.90 Å². The van der Waals surface area contributed by atoms with Gasteiger partial charge in [0.1, 0.15) is 0 Å². The zero-order valence-corrected chi connectivity index (χ0v) is 10.4. The van der Waals surface area contributed by atoms with Crippen molar-refractivity contribution in [2.24, 2.45) is 0 Å². The molecule has 0 radical (unpaired) electrons. The maximum Gasteiger partial charge on any atom is 0.328 e. The number of likely N-dealkylation sites (N-methyl/N-ethyl adjacent to an activating group) is 2. The van der Waals surface area contributed by atoms with E-state index >= 15 is 0 Å². The highest BCUT2D eigenvalue weighted by Crippen LogP contribution is 2.14. The van der Waals surface area contributed by atoms with E-state index in [9.17, 15) is 4.79 Å². The normalized spacial score (nSPS) is 23.8. The summed E-state index contributed by atoms with van der Waals surface area (Å²) in [7, 11) is 4.21. The number of aliphatic carboxylic acids is 1. The highest BCUT2D eigenvalue weighted by molar-refractivity contribution is 5.80. The second-order valence-electron chi connectivity index (χ2n) is 4.80. The molecule has 1 unspecified atom stereocenters. The fourth-order valence-electron chi connectivity index (χ4n) is 2.28. The standard InChI is InChI=1S/C12H22N2O2/c1-10(7-12(15)16)8-14(3)11-5-4-6-13(2)9-11/h7,11H,4-6,8-9H2,1-3H3,(H,15,16). The summed E-state index contributed by atoms with van der Waals surface area (Å²) in [6, 6.07) is 0.552. The minimum atomic E-state index is -0.855. The van der Waals surface area contributed by atoms with E-state index < -0.39 is 5.97 Å². The molecule has 1 atom stereocenters. The van der Waals surface area contributed by atoms with E-state index in [1.54, 1.807) is 0 Å². The van der Waals surface area contributed by atoms with Crippen LogP contribution >= 0.6 is 0 Å². The molecule has 1 N–H and O–H groups in total. The molecule has 16 heavy (non-hydrogen) atoms. The summed E-state index contributed by atoms with van der Waals surface area (Å²) in [6.45, 7) is 4.87. The van der Waals surface area contributed by atoms with E-state index in [-0.39, 0.29) is 0 Å². The van der Waals surface area contributed by atoms with E-state index in [0.29, 0.717) is 6.04 Å². The first kappa shape index (κ1) is 13.2. The largest absolute Gasteiger partial charge is 0.478 e. The lowest BCUT2D eigenvalue weighted by atomic mass is 10.0. The molecule has 1 aliphatic rings. The molecular formula is C12H22N2O2. The second-order valence-corrected chi connectivity index (χ2v) is 4.80. The van der Waals surface area contributed by atoms with Crippen LogP contribution in [-0.4, -0.2) is 60.6 Å². The zero-order valence-electron chi connectivity index (χ0n) is 10.4. The summed E-state index contributed by atoms with van der Waals surface area (Å²) in [5, 5.41) is 8.65. The predicted octanol–water partition coefficient (Wildman–Crippen LogP) is 1.04. The second kappa shape index (κ2) is 6.01. The van der Waals surface area contributed by atoms with Gasteiger partial charge in [0.15, 0.2) is 0 Å². The Kier molecular flexibility index (Phi) is 4.96. The van der Waals surface area contributed by atoms with Gasteiger partial charge in [-0.1, -0.05) is 5.57 Å². The van der Waals surface area contributed by atoms with Crippen molar-refractivity contribution >= 4 is 5.97 Å². The molecule has 0 aromatic rings. The lowest BCUT2D eigenvalue weighted by molar-refractivity contribution is -0.131. The minimum absolute atomic E-state index is 0.552. The Morgan fingerprint density at radius 2 is 2.31 bits per heavy atom. The van der Waals surface area contributed by atoms with Crippen LogP contribution in [0, 0.1) is 0 Å². The molecule has 0 bridgehead atoms. The van der Waals surface area contributed by atoms with Crippen molar-refractivity contribution < 1.29 is 9.90 Å². The Morgan fingerprint density at radius 3 is 2.88 bits per heavy atom. The maximum atomic E-state index is 10.5. The Labute approximate surface area is 97.5 Å². The summed E-state index contributed by atoms with van der Waals surface area (Å²) in [5.41, 5.74) is 0.906. The molecule has 1 rings (SSSR count). The third kappa shape index (κ3) is 4.33. The van der Waals surface area contributed by atoms with Crippen molar-refractivity contribution in [1.82, 2.24) is 9.80 Å². The number of hydrogen-bond acceptors (Lipinski definition) is 3. The molecule has 1 heterocycles. The summed E-state index contributed by atoms with van der Waals surface area (Å²) < 4.78 is 0. The number of carbonyl (C=O) groups is 1.